The van der Waals surface area contributed by atoms with Gasteiger partial charge < -0.3 is 14.4 Å². The maximum atomic E-state index is 12.9. The fourth-order valence-corrected chi connectivity index (χ4v) is 4.54. The highest BCUT2D eigenvalue weighted by molar-refractivity contribution is 7.89. The molecule has 1 aromatic carbocycles. The number of rotatable bonds is 5. The van der Waals surface area contributed by atoms with E-state index in [1.807, 2.05) is 13.8 Å². The second kappa shape index (κ2) is 8.37. The molecule has 0 aliphatic carbocycles. The number of ether oxygens (including phenoxy) is 2. The van der Waals surface area contributed by atoms with Crippen LogP contribution in [-0.2, 0) is 24.3 Å². The molecule has 1 fully saturated rings. The van der Waals surface area contributed by atoms with Crippen LogP contribution in [0.3, 0.4) is 0 Å². The number of amides is 1. The third-order valence-corrected chi connectivity index (χ3v) is 5.99. The first kappa shape index (κ1) is 21.3. The van der Waals surface area contributed by atoms with Crippen LogP contribution in [0.4, 0.5) is 0 Å². The number of carbonyl (C=O) groups is 2. The maximum Gasteiger partial charge on any atom is 0.338 e. The first-order chi connectivity index (χ1) is 12.5. The third kappa shape index (κ3) is 5.06. The van der Waals surface area contributed by atoms with Gasteiger partial charge in [-0.05, 0) is 39.0 Å². The predicted molar refractivity (Wildman–Crippen MR) is 98.8 cm³/mol. The Morgan fingerprint density at radius 3 is 2.37 bits per heavy atom. The monoisotopic (exact) mass is 398 g/mol. The second-order valence-corrected chi connectivity index (χ2v) is 8.83. The number of likely N-dealkylation sites (N-methyl/N-ethyl adjacent to an activating group) is 1. The molecule has 0 aromatic heterocycles. The van der Waals surface area contributed by atoms with Crippen molar-refractivity contribution in [3.8, 4) is 0 Å². The van der Waals surface area contributed by atoms with Crippen molar-refractivity contribution >= 4 is 21.9 Å². The topological polar surface area (TPSA) is 93.2 Å². The van der Waals surface area contributed by atoms with Crippen molar-refractivity contribution in [1.82, 2.24) is 9.21 Å². The summed E-state index contributed by atoms with van der Waals surface area (Å²) in [4.78, 5) is 25.5. The van der Waals surface area contributed by atoms with Crippen molar-refractivity contribution in [3.05, 3.63) is 29.8 Å². The molecule has 1 heterocycles. The van der Waals surface area contributed by atoms with E-state index in [0.717, 1.165) is 0 Å². The van der Waals surface area contributed by atoms with E-state index in [2.05, 4.69) is 0 Å². The minimum absolute atomic E-state index is 0.00448. The van der Waals surface area contributed by atoms with Crippen LogP contribution in [0.5, 0.6) is 0 Å². The molecule has 150 valence electrons. The lowest BCUT2D eigenvalue weighted by molar-refractivity contribution is -0.137. The fraction of sp³-hybridized carbons (Fsp3) is 0.556. The summed E-state index contributed by atoms with van der Waals surface area (Å²) in [5.74, 6) is -1.11. The summed E-state index contributed by atoms with van der Waals surface area (Å²) in [6.07, 6.45) is -1.39. The van der Waals surface area contributed by atoms with Gasteiger partial charge in [-0.1, -0.05) is 6.07 Å². The van der Waals surface area contributed by atoms with Gasteiger partial charge in [-0.15, -0.1) is 0 Å². The summed E-state index contributed by atoms with van der Waals surface area (Å²) in [7, 11) is -0.652. The van der Waals surface area contributed by atoms with Crippen molar-refractivity contribution in [3.63, 3.8) is 0 Å². The quantitative estimate of drug-likeness (QED) is 0.690. The Balaban J connectivity index is 2.21. The average Bonchev–Trinajstić information content (AvgIpc) is 2.60. The van der Waals surface area contributed by atoms with Crippen LogP contribution in [0.25, 0.3) is 0 Å². The minimum atomic E-state index is -3.77. The van der Waals surface area contributed by atoms with E-state index in [9.17, 15) is 18.0 Å². The van der Waals surface area contributed by atoms with E-state index >= 15 is 0 Å². The molecular formula is C18H26N2O6S. The number of sulfonamides is 1. The van der Waals surface area contributed by atoms with E-state index in [4.69, 9.17) is 9.47 Å². The Kier molecular flexibility index (Phi) is 6.61. The van der Waals surface area contributed by atoms with Crippen molar-refractivity contribution in [2.75, 3.05) is 27.2 Å². The molecular weight excluding hydrogens is 372 g/mol. The van der Waals surface area contributed by atoms with E-state index in [0.29, 0.717) is 0 Å². The van der Waals surface area contributed by atoms with E-state index in [1.165, 1.54) is 40.4 Å². The highest BCUT2D eigenvalue weighted by Gasteiger charge is 2.32. The molecule has 2 rings (SSSR count). The van der Waals surface area contributed by atoms with Crippen LogP contribution in [-0.4, -0.2) is 75.0 Å². The van der Waals surface area contributed by atoms with Gasteiger partial charge in [-0.2, -0.15) is 4.31 Å². The number of hydrogen-bond donors (Lipinski definition) is 0. The lowest BCUT2D eigenvalue weighted by atomic mass is 10.2. The zero-order chi connectivity index (χ0) is 20.4. The minimum Gasteiger partial charge on any atom is -0.449 e. The van der Waals surface area contributed by atoms with Gasteiger partial charge in [0.15, 0.2) is 6.10 Å². The molecule has 3 unspecified atom stereocenters. The van der Waals surface area contributed by atoms with Gasteiger partial charge in [0.1, 0.15) is 0 Å². The van der Waals surface area contributed by atoms with Gasteiger partial charge in [0.05, 0.1) is 22.7 Å². The Labute approximate surface area is 160 Å². The van der Waals surface area contributed by atoms with Gasteiger partial charge in [-0.25, -0.2) is 13.2 Å². The third-order valence-electron chi connectivity index (χ3n) is 4.17. The number of morpholine rings is 1. The van der Waals surface area contributed by atoms with Crippen molar-refractivity contribution in [2.24, 2.45) is 0 Å². The number of carbonyl (C=O) groups excluding carboxylic acids is 2. The molecule has 0 spiro atoms. The van der Waals surface area contributed by atoms with Crippen LogP contribution in [0.2, 0.25) is 0 Å². The number of benzene rings is 1. The van der Waals surface area contributed by atoms with Gasteiger partial charge in [-0.3, -0.25) is 4.79 Å². The van der Waals surface area contributed by atoms with E-state index < -0.39 is 22.1 Å². The summed E-state index contributed by atoms with van der Waals surface area (Å²) in [6.45, 7) is 5.59. The molecule has 0 N–H and O–H groups in total. The molecule has 9 heteroatoms. The molecule has 1 saturated heterocycles. The normalized spacial score (nSPS) is 22.1. The maximum absolute atomic E-state index is 12.9. The van der Waals surface area contributed by atoms with Crippen LogP contribution in [0.15, 0.2) is 29.2 Å². The summed E-state index contributed by atoms with van der Waals surface area (Å²) < 4.78 is 37.9. The summed E-state index contributed by atoms with van der Waals surface area (Å²) >= 11 is 0. The number of nitrogens with zero attached hydrogens (tertiary/aromatic N) is 2. The zero-order valence-corrected chi connectivity index (χ0v) is 17.0. The standard InChI is InChI=1S/C18H26N2O6S/c1-12-10-20(11-13(2)25-12)27(23,24)16-8-6-7-15(9-16)18(22)26-14(3)17(21)19(4)5/h6-9,12-14H,10-11H2,1-5H3. The second-order valence-electron chi connectivity index (χ2n) is 6.89. The summed E-state index contributed by atoms with van der Waals surface area (Å²) in [5.41, 5.74) is 0.0730. The van der Waals surface area contributed by atoms with Crippen molar-refractivity contribution in [2.45, 2.75) is 44.0 Å². The Hall–Kier alpha value is -1.97. The first-order valence-electron chi connectivity index (χ1n) is 8.70. The zero-order valence-electron chi connectivity index (χ0n) is 16.2. The predicted octanol–water partition coefficient (Wildman–Crippen LogP) is 1.12. The van der Waals surface area contributed by atoms with Crippen molar-refractivity contribution < 1.29 is 27.5 Å². The molecule has 1 amide bonds. The van der Waals surface area contributed by atoms with Crippen LogP contribution in [0.1, 0.15) is 31.1 Å². The Morgan fingerprint density at radius 1 is 1.22 bits per heavy atom. The fourth-order valence-electron chi connectivity index (χ4n) is 2.90. The largest absolute Gasteiger partial charge is 0.449 e. The molecule has 1 aliphatic rings. The van der Waals surface area contributed by atoms with Crippen LogP contribution >= 0.6 is 0 Å². The Bertz CT molecular complexity index is 798. The number of esters is 1. The lowest BCUT2D eigenvalue weighted by Crippen LogP contribution is -2.48. The van der Waals surface area contributed by atoms with Gasteiger partial charge >= 0.3 is 5.97 Å². The molecule has 27 heavy (non-hydrogen) atoms. The molecule has 1 aromatic rings. The van der Waals surface area contributed by atoms with Crippen LogP contribution < -0.4 is 0 Å². The van der Waals surface area contributed by atoms with Gasteiger partial charge in [0.25, 0.3) is 5.91 Å². The summed E-state index contributed by atoms with van der Waals surface area (Å²) in [5, 5.41) is 0. The highest BCUT2D eigenvalue weighted by Crippen LogP contribution is 2.22. The molecule has 0 saturated carbocycles. The molecule has 3 atom stereocenters. The smallest absolute Gasteiger partial charge is 0.338 e. The molecule has 8 nitrogen and oxygen atoms in total. The lowest BCUT2D eigenvalue weighted by Gasteiger charge is -2.34. The van der Waals surface area contributed by atoms with E-state index in [1.54, 1.807) is 14.1 Å². The molecule has 0 radical (unpaired) electrons. The van der Waals surface area contributed by atoms with Gasteiger partial charge in [0, 0.05) is 27.2 Å². The van der Waals surface area contributed by atoms with Gasteiger partial charge in [0.2, 0.25) is 10.0 Å². The van der Waals surface area contributed by atoms with Crippen LogP contribution in [0, 0.1) is 0 Å². The van der Waals surface area contributed by atoms with Crippen molar-refractivity contribution in [1.29, 1.82) is 0 Å². The first-order valence-corrected chi connectivity index (χ1v) is 10.1. The molecule has 0 bridgehead atoms. The number of hydrogen-bond acceptors (Lipinski definition) is 6. The Morgan fingerprint density at radius 2 is 1.81 bits per heavy atom. The summed E-state index contributed by atoms with van der Waals surface area (Å²) in [6, 6.07) is 5.65. The SMILES string of the molecule is CC1CN(S(=O)(=O)c2cccc(C(=O)OC(C)C(=O)N(C)C)c2)CC(C)O1. The van der Waals surface area contributed by atoms with E-state index in [-0.39, 0.29) is 41.7 Å². The average molecular weight is 398 g/mol. The molecule has 1 aliphatic heterocycles. The highest BCUT2D eigenvalue weighted by atomic mass is 32.2.